The van der Waals surface area contributed by atoms with Crippen molar-refractivity contribution in [1.82, 2.24) is 42.1 Å². The molecule has 8 amide bonds. The summed E-state index contributed by atoms with van der Waals surface area (Å²) in [5, 5.41) is 37.4. The summed E-state index contributed by atoms with van der Waals surface area (Å²) < 4.78 is 0. The predicted molar refractivity (Wildman–Crippen MR) is 265 cm³/mol. The zero-order valence-electron chi connectivity index (χ0n) is 40.9. The van der Waals surface area contributed by atoms with E-state index in [0.29, 0.717) is 24.0 Å². The van der Waals surface area contributed by atoms with Gasteiger partial charge in [0.25, 0.3) is 0 Å². The van der Waals surface area contributed by atoms with Crippen LogP contribution in [-0.2, 0) is 56.0 Å². The van der Waals surface area contributed by atoms with E-state index in [1.54, 1.807) is 74.5 Å². The molecular formula is C49H73N9O11S. The van der Waals surface area contributed by atoms with Crippen LogP contribution in [-0.4, -0.2) is 142 Å². The molecule has 1 heterocycles. The highest BCUT2D eigenvalue weighted by Gasteiger charge is 2.40. The van der Waals surface area contributed by atoms with Crippen LogP contribution in [0.5, 0.6) is 0 Å². The topological polar surface area (TPSA) is 308 Å². The molecule has 0 bridgehead atoms. The van der Waals surface area contributed by atoms with E-state index >= 15 is 0 Å². The standard InChI is InChI=1S/C49H73N9O11S/c1-7-30(6)41(57-45(64)38(27-70)52-40(60)25-51-43(62)34(21-28(2)3)53-42(61)33(50)26-59)47(66)54-35(23-31-15-10-8-11-16-31)44(63)55-36(24-32-17-12-9-13-18-32)48(67)58-20-14-19-39(58)46(65)56-37(49(68)69)22-29(4)5/h8-13,15-18,28-30,33-39,41,59,70H,7,14,19-27,50H2,1-6H3,(H,51,62)(H,52,60)(H,53,61)(H,54,66)(H,55,63)(H,56,65)(H,57,64)(H,68,69)/t30-,33-,34-,35-,36-,37-,38-,39-,41-/m0/s1. The van der Waals surface area contributed by atoms with Crippen LogP contribution in [0, 0.1) is 17.8 Å². The summed E-state index contributed by atoms with van der Waals surface area (Å²) in [5.41, 5.74) is 6.96. The van der Waals surface area contributed by atoms with Crippen molar-refractivity contribution in [1.29, 1.82) is 0 Å². The zero-order chi connectivity index (χ0) is 52.1. The molecule has 0 unspecified atom stereocenters. The van der Waals surface area contributed by atoms with Crippen LogP contribution in [0.4, 0.5) is 0 Å². The number of amides is 8. The molecule has 0 aliphatic carbocycles. The highest BCUT2D eigenvalue weighted by atomic mass is 32.1. The van der Waals surface area contributed by atoms with Gasteiger partial charge in [-0.1, -0.05) is 109 Å². The molecular weight excluding hydrogens is 923 g/mol. The van der Waals surface area contributed by atoms with Crippen LogP contribution < -0.4 is 43.0 Å². The van der Waals surface area contributed by atoms with Gasteiger partial charge in [-0.15, -0.1) is 0 Å². The Morgan fingerprint density at radius 1 is 0.671 bits per heavy atom. The van der Waals surface area contributed by atoms with Gasteiger partial charge < -0.3 is 58.1 Å². The minimum absolute atomic E-state index is 0.0217. The molecule has 11 N–H and O–H groups in total. The largest absolute Gasteiger partial charge is 0.480 e. The fourth-order valence-electron chi connectivity index (χ4n) is 7.86. The van der Waals surface area contributed by atoms with E-state index < -0.39 is 121 Å². The van der Waals surface area contributed by atoms with E-state index in [1.165, 1.54) is 4.90 Å². The number of aliphatic hydroxyl groups is 1. The maximum absolute atomic E-state index is 14.5. The maximum Gasteiger partial charge on any atom is 0.326 e. The van der Waals surface area contributed by atoms with Crippen molar-refractivity contribution in [3.8, 4) is 0 Å². The van der Waals surface area contributed by atoms with Crippen LogP contribution in [0.2, 0.25) is 0 Å². The molecule has 2 aromatic carbocycles. The number of aliphatic hydroxyl groups excluding tert-OH is 1. The van der Waals surface area contributed by atoms with Gasteiger partial charge in [-0.25, -0.2) is 4.79 Å². The smallest absolute Gasteiger partial charge is 0.326 e. The number of carboxylic acids is 1. The Morgan fingerprint density at radius 2 is 1.20 bits per heavy atom. The highest BCUT2D eigenvalue weighted by molar-refractivity contribution is 7.80. The third-order valence-corrected chi connectivity index (χ3v) is 12.3. The molecule has 20 nitrogen and oxygen atoms in total. The maximum atomic E-state index is 14.5. The van der Waals surface area contributed by atoms with Gasteiger partial charge in [0.1, 0.15) is 48.3 Å². The summed E-state index contributed by atoms with van der Waals surface area (Å²) in [6, 6.07) is 8.28. The number of hydrogen-bond acceptors (Lipinski definition) is 12. The molecule has 21 heteroatoms. The SMILES string of the molecule is CC[C@H](C)[C@H](NC(=O)[C@H](CS)NC(=O)CNC(=O)[C@H](CC(C)C)NC(=O)[C@@H](N)CO)C(=O)N[C@@H](Cc1ccccc1)C(=O)N[C@@H](Cc1ccccc1)C(=O)N1CCC[C@H]1C(=O)N[C@@H](CC(C)C)C(=O)O. The summed E-state index contributed by atoms with van der Waals surface area (Å²) in [5.74, 6) is -7.60. The Balaban J connectivity index is 1.84. The van der Waals surface area contributed by atoms with Gasteiger partial charge in [-0.05, 0) is 54.6 Å². The third-order valence-electron chi connectivity index (χ3n) is 11.9. The lowest BCUT2D eigenvalue weighted by molar-refractivity contribution is -0.145. The number of likely N-dealkylation sites (tertiary alicyclic amines) is 1. The molecule has 386 valence electrons. The van der Waals surface area contributed by atoms with Gasteiger partial charge in [-0.2, -0.15) is 12.6 Å². The number of nitrogens with two attached hydrogens (primary N) is 1. The Kier molecular flexibility index (Phi) is 24.3. The van der Waals surface area contributed by atoms with Crippen LogP contribution in [0.1, 0.15) is 84.8 Å². The molecule has 70 heavy (non-hydrogen) atoms. The first-order valence-electron chi connectivity index (χ1n) is 23.9. The number of hydrogen-bond donors (Lipinski definition) is 11. The van der Waals surface area contributed by atoms with Gasteiger partial charge in [0.2, 0.25) is 47.3 Å². The molecule has 1 fully saturated rings. The van der Waals surface area contributed by atoms with Crippen molar-refractivity contribution in [3.63, 3.8) is 0 Å². The molecule has 0 aromatic heterocycles. The predicted octanol–water partition coefficient (Wildman–Crippen LogP) is -0.0399. The number of nitrogens with zero attached hydrogens (tertiary/aromatic N) is 1. The van der Waals surface area contributed by atoms with Crippen LogP contribution in [0.25, 0.3) is 0 Å². The minimum Gasteiger partial charge on any atom is -0.480 e. The van der Waals surface area contributed by atoms with Crippen molar-refractivity contribution in [2.45, 2.75) is 135 Å². The first kappa shape index (κ1) is 58.3. The summed E-state index contributed by atoms with van der Waals surface area (Å²) in [6.45, 7) is 9.80. The van der Waals surface area contributed by atoms with Gasteiger partial charge in [-0.3, -0.25) is 38.4 Å². The van der Waals surface area contributed by atoms with Crippen molar-refractivity contribution >= 4 is 65.9 Å². The average Bonchev–Trinajstić information content (AvgIpc) is 3.83. The third kappa shape index (κ3) is 18.7. The number of rotatable bonds is 28. The summed E-state index contributed by atoms with van der Waals surface area (Å²) >= 11 is 4.26. The quantitative estimate of drug-likeness (QED) is 0.0501. The Bertz CT molecular complexity index is 2080. The molecule has 9 atom stereocenters. The van der Waals surface area contributed by atoms with Gasteiger partial charge in [0, 0.05) is 25.1 Å². The zero-order valence-corrected chi connectivity index (χ0v) is 41.8. The van der Waals surface area contributed by atoms with Crippen molar-refractivity contribution in [3.05, 3.63) is 71.8 Å². The lowest BCUT2D eigenvalue weighted by Gasteiger charge is -2.31. The number of nitrogens with one attached hydrogen (secondary N) is 7. The Hall–Kier alpha value is -6.06. The second kappa shape index (κ2) is 29.2. The first-order valence-corrected chi connectivity index (χ1v) is 24.5. The Morgan fingerprint density at radius 3 is 1.73 bits per heavy atom. The number of carbonyl (C=O) groups is 9. The van der Waals surface area contributed by atoms with E-state index in [9.17, 15) is 53.4 Å². The van der Waals surface area contributed by atoms with E-state index in [0.717, 1.165) is 0 Å². The molecule has 1 aliphatic heterocycles. The summed E-state index contributed by atoms with van der Waals surface area (Å²) in [4.78, 5) is 123. The number of carbonyl (C=O) groups excluding carboxylic acids is 8. The lowest BCUT2D eigenvalue weighted by Crippen LogP contribution is -2.61. The van der Waals surface area contributed by atoms with E-state index in [1.807, 2.05) is 27.7 Å². The average molecular weight is 996 g/mol. The van der Waals surface area contributed by atoms with E-state index in [2.05, 4.69) is 49.8 Å². The van der Waals surface area contributed by atoms with E-state index in [-0.39, 0.29) is 56.2 Å². The summed E-state index contributed by atoms with van der Waals surface area (Å²) in [7, 11) is 0. The number of benzene rings is 2. The lowest BCUT2D eigenvalue weighted by atomic mass is 9.96. The molecule has 0 radical (unpaired) electrons. The monoisotopic (exact) mass is 996 g/mol. The normalized spacial score (nSPS) is 16.8. The minimum atomic E-state index is -1.29. The van der Waals surface area contributed by atoms with Crippen molar-refractivity contribution in [2.24, 2.45) is 23.5 Å². The van der Waals surface area contributed by atoms with Crippen molar-refractivity contribution in [2.75, 3.05) is 25.4 Å². The fraction of sp³-hybridized carbons (Fsp3) is 0.571. The Labute approximate surface area is 415 Å². The van der Waals surface area contributed by atoms with Gasteiger partial charge in [0.05, 0.1) is 13.2 Å². The van der Waals surface area contributed by atoms with Gasteiger partial charge >= 0.3 is 5.97 Å². The second-order valence-electron chi connectivity index (χ2n) is 18.6. The van der Waals surface area contributed by atoms with Crippen LogP contribution in [0.15, 0.2) is 60.7 Å². The van der Waals surface area contributed by atoms with Crippen LogP contribution >= 0.6 is 12.6 Å². The molecule has 3 rings (SSSR count). The van der Waals surface area contributed by atoms with Crippen molar-refractivity contribution < 1.29 is 53.4 Å². The number of aliphatic carboxylic acids is 1. The summed E-state index contributed by atoms with van der Waals surface area (Å²) in [6.07, 6.45) is 1.53. The van der Waals surface area contributed by atoms with E-state index in [4.69, 9.17) is 5.73 Å². The van der Waals surface area contributed by atoms with Gasteiger partial charge in [0.15, 0.2) is 0 Å². The molecule has 1 saturated heterocycles. The first-order chi connectivity index (χ1) is 33.2. The number of carboxylic acid groups (broad SMARTS) is 1. The highest BCUT2D eigenvalue weighted by Crippen LogP contribution is 2.21. The second-order valence-corrected chi connectivity index (χ2v) is 19.0. The molecule has 1 aliphatic rings. The fourth-order valence-corrected chi connectivity index (χ4v) is 8.11. The number of thiol groups is 1. The molecule has 0 spiro atoms. The molecule has 0 saturated carbocycles. The van der Waals surface area contributed by atoms with Crippen LogP contribution in [0.3, 0.4) is 0 Å². The molecule has 2 aromatic rings.